The number of carbonyl (C=O) groups excluding carboxylic acids is 1. The van der Waals surface area contributed by atoms with Gasteiger partial charge in [-0.15, -0.1) is 0 Å². The van der Waals surface area contributed by atoms with Gasteiger partial charge in [-0.05, 0) is 27.7 Å². The highest BCUT2D eigenvalue weighted by molar-refractivity contribution is 7.91. The van der Waals surface area contributed by atoms with Gasteiger partial charge in [0.2, 0.25) is 5.91 Å². The molecule has 6 heteroatoms. The van der Waals surface area contributed by atoms with Gasteiger partial charge in [0.25, 0.3) is 0 Å². The standard InChI is InChI=1S/C11H24N2O3S/c1-6-17(15,16)8-7-13-9(14)10(2,3)11(4,5)12/h6-8,12H2,1-5H3,(H,13,14). The molecular formula is C11H24N2O3S. The lowest BCUT2D eigenvalue weighted by Crippen LogP contribution is -2.56. The quantitative estimate of drug-likeness (QED) is 0.722. The average molecular weight is 264 g/mol. The lowest BCUT2D eigenvalue weighted by molar-refractivity contribution is -0.132. The van der Waals surface area contributed by atoms with Crippen molar-refractivity contribution < 1.29 is 13.2 Å². The minimum atomic E-state index is -3.04. The topological polar surface area (TPSA) is 89.3 Å². The van der Waals surface area contributed by atoms with Crippen LogP contribution in [0.25, 0.3) is 0 Å². The SMILES string of the molecule is CCS(=O)(=O)CCNC(=O)C(C)(C)C(C)(C)N. The molecule has 0 fully saturated rings. The smallest absolute Gasteiger partial charge is 0.227 e. The van der Waals surface area contributed by atoms with Gasteiger partial charge in [0.15, 0.2) is 9.84 Å². The molecule has 0 saturated heterocycles. The van der Waals surface area contributed by atoms with Gasteiger partial charge in [0.1, 0.15) is 0 Å². The summed E-state index contributed by atoms with van der Waals surface area (Å²) in [5.74, 6) is -0.165. The third-order valence-electron chi connectivity index (χ3n) is 3.32. The summed E-state index contributed by atoms with van der Waals surface area (Å²) < 4.78 is 22.5. The molecule has 0 rings (SSSR count). The van der Waals surface area contributed by atoms with Crippen LogP contribution in [0.4, 0.5) is 0 Å². The zero-order chi connectivity index (χ0) is 13.9. The van der Waals surface area contributed by atoms with Gasteiger partial charge in [-0.25, -0.2) is 8.42 Å². The first kappa shape index (κ1) is 16.4. The number of amides is 1. The van der Waals surface area contributed by atoms with Crippen molar-refractivity contribution in [2.24, 2.45) is 11.1 Å². The van der Waals surface area contributed by atoms with Gasteiger partial charge in [-0.1, -0.05) is 6.92 Å². The molecule has 0 atom stereocenters. The van der Waals surface area contributed by atoms with Crippen molar-refractivity contribution in [2.45, 2.75) is 40.2 Å². The average Bonchev–Trinajstić information content (AvgIpc) is 2.15. The fourth-order valence-corrected chi connectivity index (χ4v) is 1.68. The van der Waals surface area contributed by atoms with E-state index in [9.17, 15) is 13.2 Å². The maximum Gasteiger partial charge on any atom is 0.227 e. The van der Waals surface area contributed by atoms with E-state index in [0.29, 0.717) is 0 Å². The molecule has 0 saturated carbocycles. The second-order valence-corrected chi connectivity index (χ2v) is 7.81. The first-order valence-electron chi connectivity index (χ1n) is 5.71. The summed E-state index contributed by atoms with van der Waals surface area (Å²) in [6.07, 6.45) is 0. The summed E-state index contributed by atoms with van der Waals surface area (Å²) in [6, 6.07) is 0. The second-order valence-electron chi connectivity index (χ2n) is 5.34. The Hall–Kier alpha value is -0.620. The van der Waals surface area contributed by atoms with E-state index in [1.807, 2.05) is 0 Å². The normalized spacial score (nSPS) is 13.5. The molecule has 0 bridgehead atoms. The predicted octanol–water partition coefficient (Wildman–Crippen LogP) is 0.301. The summed E-state index contributed by atoms with van der Waals surface area (Å²) in [7, 11) is -3.04. The Labute approximate surface area is 104 Å². The first-order valence-corrected chi connectivity index (χ1v) is 7.54. The third-order valence-corrected chi connectivity index (χ3v) is 5.02. The Morgan fingerprint density at radius 2 is 1.71 bits per heavy atom. The minimum absolute atomic E-state index is 0.0314. The van der Waals surface area contributed by atoms with Crippen molar-refractivity contribution in [1.29, 1.82) is 0 Å². The molecule has 0 aliphatic carbocycles. The van der Waals surface area contributed by atoms with Gasteiger partial charge < -0.3 is 11.1 Å². The maximum absolute atomic E-state index is 11.9. The molecule has 0 aliphatic rings. The molecule has 5 nitrogen and oxygen atoms in total. The molecular weight excluding hydrogens is 240 g/mol. The van der Waals surface area contributed by atoms with E-state index in [4.69, 9.17) is 5.73 Å². The summed E-state index contributed by atoms with van der Waals surface area (Å²) in [4.78, 5) is 11.9. The molecule has 0 heterocycles. The van der Waals surface area contributed by atoms with Gasteiger partial charge in [0, 0.05) is 17.8 Å². The number of rotatable bonds is 6. The summed E-state index contributed by atoms with van der Waals surface area (Å²) >= 11 is 0. The van der Waals surface area contributed by atoms with Gasteiger partial charge in [0.05, 0.1) is 11.2 Å². The number of nitrogens with one attached hydrogen (secondary N) is 1. The van der Waals surface area contributed by atoms with Crippen LogP contribution in [0.2, 0.25) is 0 Å². The van der Waals surface area contributed by atoms with E-state index in [-0.39, 0.29) is 24.0 Å². The predicted molar refractivity (Wildman–Crippen MR) is 69.4 cm³/mol. The van der Waals surface area contributed by atoms with Crippen LogP contribution in [-0.2, 0) is 14.6 Å². The van der Waals surface area contributed by atoms with Crippen LogP contribution in [-0.4, -0.2) is 37.9 Å². The van der Waals surface area contributed by atoms with Crippen molar-refractivity contribution in [1.82, 2.24) is 5.32 Å². The minimum Gasteiger partial charge on any atom is -0.355 e. The summed E-state index contributed by atoms with van der Waals surface area (Å²) in [5.41, 5.74) is 4.51. The van der Waals surface area contributed by atoms with E-state index in [1.54, 1.807) is 34.6 Å². The van der Waals surface area contributed by atoms with E-state index >= 15 is 0 Å². The Morgan fingerprint density at radius 3 is 2.06 bits per heavy atom. The lowest BCUT2D eigenvalue weighted by Gasteiger charge is -2.36. The van der Waals surface area contributed by atoms with Crippen LogP contribution < -0.4 is 11.1 Å². The molecule has 0 aromatic carbocycles. The van der Waals surface area contributed by atoms with Crippen LogP contribution in [0.5, 0.6) is 0 Å². The Balaban J connectivity index is 4.40. The van der Waals surface area contributed by atoms with Crippen molar-refractivity contribution in [3.63, 3.8) is 0 Å². The molecule has 102 valence electrons. The molecule has 1 amide bonds. The number of hydrogen-bond donors (Lipinski definition) is 2. The maximum atomic E-state index is 11.9. The van der Waals surface area contributed by atoms with Crippen molar-refractivity contribution in [2.75, 3.05) is 18.1 Å². The fraction of sp³-hybridized carbons (Fsp3) is 0.909. The molecule has 17 heavy (non-hydrogen) atoms. The number of sulfone groups is 1. The van der Waals surface area contributed by atoms with Gasteiger partial charge in [-0.2, -0.15) is 0 Å². The van der Waals surface area contributed by atoms with Crippen LogP contribution in [0.1, 0.15) is 34.6 Å². The van der Waals surface area contributed by atoms with E-state index < -0.39 is 20.8 Å². The Morgan fingerprint density at radius 1 is 1.24 bits per heavy atom. The number of carbonyl (C=O) groups is 1. The van der Waals surface area contributed by atoms with Crippen molar-refractivity contribution >= 4 is 15.7 Å². The first-order chi connectivity index (χ1) is 7.44. The van der Waals surface area contributed by atoms with Gasteiger partial charge >= 0.3 is 0 Å². The Kier molecular flexibility index (Phi) is 5.16. The summed E-state index contributed by atoms with van der Waals surface area (Å²) in [6.45, 7) is 8.76. The molecule has 0 aromatic rings. The largest absolute Gasteiger partial charge is 0.355 e. The second kappa shape index (κ2) is 5.35. The monoisotopic (exact) mass is 264 g/mol. The number of hydrogen-bond acceptors (Lipinski definition) is 4. The third kappa shape index (κ3) is 4.63. The van der Waals surface area contributed by atoms with E-state index in [2.05, 4.69) is 5.32 Å². The Bertz CT molecular complexity index is 367. The van der Waals surface area contributed by atoms with Crippen molar-refractivity contribution in [3.05, 3.63) is 0 Å². The molecule has 3 N–H and O–H groups in total. The molecule has 0 spiro atoms. The van der Waals surface area contributed by atoms with E-state index in [1.165, 1.54) is 0 Å². The van der Waals surface area contributed by atoms with Gasteiger partial charge in [-0.3, -0.25) is 4.79 Å². The van der Waals surface area contributed by atoms with Crippen LogP contribution in [0.15, 0.2) is 0 Å². The highest BCUT2D eigenvalue weighted by Gasteiger charge is 2.40. The molecule has 0 aromatic heterocycles. The van der Waals surface area contributed by atoms with Crippen LogP contribution in [0.3, 0.4) is 0 Å². The fourth-order valence-electron chi connectivity index (χ4n) is 0.978. The highest BCUT2D eigenvalue weighted by atomic mass is 32.2. The zero-order valence-electron chi connectivity index (χ0n) is 11.3. The summed E-state index contributed by atoms with van der Waals surface area (Å²) in [5, 5.41) is 2.62. The highest BCUT2D eigenvalue weighted by Crippen LogP contribution is 2.28. The molecule has 0 radical (unpaired) electrons. The number of nitrogens with two attached hydrogens (primary N) is 1. The zero-order valence-corrected chi connectivity index (χ0v) is 12.1. The van der Waals surface area contributed by atoms with E-state index in [0.717, 1.165) is 0 Å². The lowest BCUT2D eigenvalue weighted by atomic mass is 9.74. The molecule has 0 aliphatic heterocycles. The van der Waals surface area contributed by atoms with Crippen LogP contribution in [0, 0.1) is 5.41 Å². The van der Waals surface area contributed by atoms with Crippen molar-refractivity contribution in [3.8, 4) is 0 Å². The molecule has 0 unspecified atom stereocenters. The van der Waals surface area contributed by atoms with Crippen LogP contribution >= 0.6 is 0 Å².